The molecule has 112 valence electrons. The Morgan fingerprint density at radius 2 is 2.14 bits per heavy atom. The first-order valence-corrected chi connectivity index (χ1v) is 7.27. The summed E-state index contributed by atoms with van der Waals surface area (Å²) in [7, 11) is 0. The number of rotatable bonds is 2. The van der Waals surface area contributed by atoms with Crippen molar-refractivity contribution in [1.82, 2.24) is 14.9 Å². The number of aromatic nitrogens is 2. The van der Waals surface area contributed by atoms with Crippen molar-refractivity contribution in [3.63, 3.8) is 0 Å². The topological polar surface area (TPSA) is 83.4 Å². The maximum atomic E-state index is 12.6. The Kier molecular flexibility index (Phi) is 3.19. The van der Waals surface area contributed by atoms with Gasteiger partial charge in [-0.05, 0) is 38.7 Å². The molecule has 1 aromatic heterocycles. The molecular formula is C15H19N3O3. The lowest BCUT2D eigenvalue weighted by molar-refractivity contribution is -0.149. The highest BCUT2D eigenvalue weighted by Gasteiger charge is 2.55. The Hall–Kier alpha value is -1.98. The number of amides is 1. The first kappa shape index (κ1) is 14.0. The molecule has 0 bridgehead atoms. The van der Waals surface area contributed by atoms with E-state index in [9.17, 15) is 14.7 Å². The van der Waals surface area contributed by atoms with Crippen LogP contribution in [0.25, 0.3) is 0 Å². The molecule has 0 unspecified atom stereocenters. The van der Waals surface area contributed by atoms with Gasteiger partial charge in [0, 0.05) is 18.8 Å². The van der Waals surface area contributed by atoms with Gasteiger partial charge in [0.2, 0.25) is 0 Å². The Morgan fingerprint density at radius 3 is 2.76 bits per heavy atom. The molecule has 0 radical (unpaired) electrons. The third-order valence-corrected chi connectivity index (χ3v) is 4.77. The molecule has 0 spiro atoms. The number of carboxylic acids is 1. The summed E-state index contributed by atoms with van der Waals surface area (Å²) in [6.45, 7) is 4.39. The van der Waals surface area contributed by atoms with E-state index in [1.807, 2.05) is 6.92 Å². The van der Waals surface area contributed by atoms with Crippen LogP contribution in [-0.4, -0.2) is 44.9 Å². The largest absolute Gasteiger partial charge is 0.481 e. The van der Waals surface area contributed by atoms with Gasteiger partial charge in [-0.2, -0.15) is 0 Å². The molecule has 2 fully saturated rings. The first-order chi connectivity index (χ1) is 9.92. The number of hydrogen-bond donors (Lipinski definition) is 1. The molecule has 1 amide bonds. The second-order valence-electron chi connectivity index (χ2n) is 6.18. The molecule has 21 heavy (non-hydrogen) atoms. The molecule has 6 nitrogen and oxygen atoms in total. The van der Waals surface area contributed by atoms with Gasteiger partial charge in [-0.3, -0.25) is 9.59 Å². The number of likely N-dealkylation sites (tertiary alicyclic amines) is 1. The van der Waals surface area contributed by atoms with Gasteiger partial charge in [0.05, 0.1) is 5.41 Å². The molecule has 1 saturated carbocycles. The Labute approximate surface area is 123 Å². The summed E-state index contributed by atoms with van der Waals surface area (Å²) in [4.78, 5) is 34.3. The molecule has 1 saturated heterocycles. The van der Waals surface area contributed by atoms with Crippen molar-refractivity contribution in [2.24, 2.45) is 11.3 Å². The predicted molar refractivity (Wildman–Crippen MR) is 74.8 cm³/mol. The van der Waals surface area contributed by atoms with Crippen LogP contribution in [0.15, 0.2) is 6.07 Å². The fraction of sp³-hybridized carbons (Fsp3) is 0.600. The molecule has 2 heterocycles. The number of nitrogens with zero attached hydrogens (tertiary/aromatic N) is 3. The molecule has 1 aliphatic carbocycles. The van der Waals surface area contributed by atoms with Crippen LogP contribution in [0.3, 0.4) is 0 Å². The number of hydrogen-bond acceptors (Lipinski definition) is 4. The van der Waals surface area contributed by atoms with Gasteiger partial charge >= 0.3 is 5.97 Å². The molecule has 1 N–H and O–H groups in total. The van der Waals surface area contributed by atoms with Crippen molar-refractivity contribution >= 4 is 11.9 Å². The third-order valence-electron chi connectivity index (χ3n) is 4.77. The highest BCUT2D eigenvalue weighted by molar-refractivity contribution is 5.93. The Balaban J connectivity index is 1.86. The highest BCUT2D eigenvalue weighted by atomic mass is 16.4. The van der Waals surface area contributed by atoms with Gasteiger partial charge in [-0.15, -0.1) is 0 Å². The molecule has 1 aliphatic heterocycles. The Bertz CT molecular complexity index is 596. The average molecular weight is 289 g/mol. The van der Waals surface area contributed by atoms with Crippen LogP contribution in [0.5, 0.6) is 0 Å². The van der Waals surface area contributed by atoms with Crippen molar-refractivity contribution in [2.75, 3.05) is 13.1 Å². The number of fused-ring (bicyclic) bond motifs is 1. The monoisotopic (exact) mass is 289 g/mol. The number of aliphatic carboxylic acids is 1. The van der Waals surface area contributed by atoms with Crippen molar-refractivity contribution in [3.8, 4) is 0 Å². The fourth-order valence-electron chi connectivity index (χ4n) is 3.78. The summed E-state index contributed by atoms with van der Waals surface area (Å²) < 4.78 is 0. The minimum atomic E-state index is -0.768. The van der Waals surface area contributed by atoms with Crippen molar-refractivity contribution in [2.45, 2.75) is 33.1 Å². The summed E-state index contributed by atoms with van der Waals surface area (Å²) in [6.07, 6.45) is 2.49. The van der Waals surface area contributed by atoms with E-state index >= 15 is 0 Å². The van der Waals surface area contributed by atoms with Gasteiger partial charge in [-0.1, -0.05) is 6.42 Å². The zero-order chi connectivity index (χ0) is 15.2. The zero-order valence-electron chi connectivity index (χ0n) is 12.3. The molecule has 2 atom stereocenters. The maximum absolute atomic E-state index is 12.6. The molecule has 3 rings (SSSR count). The van der Waals surface area contributed by atoms with E-state index in [-0.39, 0.29) is 11.8 Å². The Morgan fingerprint density at radius 1 is 1.38 bits per heavy atom. The van der Waals surface area contributed by atoms with Gasteiger partial charge in [0.15, 0.2) is 0 Å². The number of aryl methyl sites for hydroxylation is 2. The molecule has 0 aromatic carbocycles. The summed E-state index contributed by atoms with van der Waals surface area (Å²) in [5.74, 6) is -0.317. The normalized spacial score (nSPS) is 27.7. The van der Waals surface area contributed by atoms with Crippen LogP contribution in [-0.2, 0) is 4.79 Å². The molecule has 1 aromatic rings. The second kappa shape index (κ2) is 4.79. The summed E-state index contributed by atoms with van der Waals surface area (Å²) in [5, 5.41) is 9.57. The minimum Gasteiger partial charge on any atom is -0.481 e. The molecular weight excluding hydrogens is 270 g/mol. The van der Waals surface area contributed by atoms with Crippen LogP contribution < -0.4 is 0 Å². The number of carbonyl (C=O) groups is 2. The number of carboxylic acid groups (broad SMARTS) is 1. The van der Waals surface area contributed by atoms with E-state index in [4.69, 9.17) is 0 Å². The summed E-state index contributed by atoms with van der Waals surface area (Å²) in [6, 6.07) is 1.66. The highest BCUT2D eigenvalue weighted by Crippen LogP contribution is 2.49. The number of carbonyl (C=O) groups excluding carboxylic acids is 1. The maximum Gasteiger partial charge on any atom is 0.311 e. The van der Waals surface area contributed by atoms with Crippen molar-refractivity contribution < 1.29 is 14.7 Å². The quantitative estimate of drug-likeness (QED) is 0.890. The predicted octanol–water partition coefficient (Wildman–Crippen LogP) is 1.42. The second-order valence-corrected chi connectivity index (χ2v) is 6.18. The van der Waals surface area contributed by atoms with Crippen LogP contribution in [0.2, 0.25) is 0 Å². The third kappa shape index (κ3) is 2.18. The van der Waals surface area contributed by atoms with Gasteiger partial charge in [0.1, 0.15) is 11.5 Å². The first-order valence-electron chi connectivity index (χ1n) is 7.27. The lowest BCUT2D eigenvalue weighted by Gasteiger charge is -2.23. The van der Waals surface area contributed by atoms with Crippen LogP contribution in [0.4, 0.5) is 0 Å². The van der Waals surface area contributed by atoms with Crippen molar-refractivity contribution in [3.05, 3.63) is 23.3 Å². The van der Waals surface area contributed by atoms with E-state index in [1.54, 1.807) is 17.9 Å². The average Bonchev–Trinajstić information content (AvgIpc) is 2.93. The van der Waals surface area contributed by atoms with Crippen LogP contribution >= 0.6 is 0 Å². The van der Waals surface area contributed by atoms with E-state index in [2.05, 4.69) is 9.97 Å². The van der Waals surface area contributed by atoms with E-state index in [0.29, 0.717) is 31.0 Å². The minimum absolute atomic E-state index is 0.0722. The van der Waals surface area contributed by atoms with E-state index in [0.717, 1.165) is 18.5 Å². The fourth-order valence-corrected chi connectivity index (χ4v) is 3.78. The van der Waals surface area contributed by atoms with E-state index < -0.39 is 11.4 Å². The van der Waals surface area contributed by atoms with Crippen molar-refractivity contribution in [1.29, 1.82) is 0 Å². The molecule has 6 heteroatoms. The SMILES string of the molecule is Cc1cc(C(=O)N2C[C@@H]3CCC[C@@]3(C(=O)O)C2)nc(C)n1. The summed E-state index contributed by atoms with van der Waals surface area (Å²) >= 11 is 0. The smallest absolute Gasteiger partial charge is 0.311 e. The van der Waals surface area contributed by atoms with Gasteiger partial charge in [0.25, 0.3) is 5.91 Å². The lowest BCUT2D eigenvalue weighted by Crippen LogP contribution is -2.37. The zero-order valence-corrected chi connectivity index (χ0v) is 12.3. The van der Waals surface area contributed by atoms with Crippen LogP contribution in [0, 0.1) is 25.2 Å². The van der Waals surface area contributed by atoms with Crippen LogP contribution in [0.1, 0.15) is 41.3 Å². The van der Waals surface area contributed by atoms with E-state index in [1.165, 1.54) is 0 Å². The lowest BCUT2D eigenvalue weighted by atomic mass is 9.81. The van der Waals surface area contributed by atoms with Gasteiger partial charge in [-0.25, -0.2) is 9.97 Å². The standard InChI is InChI=1S/C15H19N3O3/c1-9-6-12(17-10(2)16-9)13(19)18-7-11-4-3-5-15(11,8-18)14(20)21/h6,11H,3-5,7-8H2,1-2H3,(H,20,21)/t11-,15+/m0/s1. The van der Waals surface area contributed by atoms with Gasteiger partial charge < -0.3 is 10.0 Å². The molecule has 2 aliphatic rings. The summed E-state index contributed by atoms with van der Waals surface area (Å²) in [5.41, 5.74) is 0.367.